The minimum Gasteiger partial charge on any atom is -0.381 e. The van der Waals surface area contributed by atoms with Crippen molar-refractivity contribution in [3.8, 4) is 0 Å². The van der Waals surface area contributed by atoms with Gasteiger partial charge in [0.15, 0.2) is 0 Å². The molecule has 1 aliphatic heterocycles. The molecule has 10 heavy (non-hydrogen) atoms. The lowest BCUT2D eigenvalue weighted by Gasteiger charge is -2.38. The molecule has 3 unspecified atom stereocenters. The summed E-state index contributed by atoms with van der Waals surface area (Å²) in [5.74, 6) is 1.78. The van der Waals surface area contributed by atoms with E-state index in [0.717, 1.165) is 11.8 Å². The molecule has 2 aliphatic rings. The summed E-state index contributed by atoms with van der Waals surface area (Å²) in [7, 11) is 1.82. The number of halogens is 1. The first kappa shape index (κ1) is 8.31. The molecule has 1 aliphatic carbocycles. The Morgan fingerprint density at radius 1 is 1.40 bits per heavy atom. The smallest absolute Gasteiger partial charge is 0.0618 e. The molecule has 1 saturated heterocycles. The third kappa shape index (κ3) is 1.04. The van der Waals surface area contributed by atoms with E-state index >= 15 is 0 Å². The van der Waals surface area contributed by atoms with Crippen molar-refractivity contribution >= 4 is 12.4 Å². The fourth-order valence-electron chi connectivity index (χ4n) is 1.99. The molecule has 0 bridgehead atoms. The summed E-state index contributed by atoms with van der Waals surface area (Å²) >= 11 is 0. The van der Waals surface area contributed by atoms with E-state index in [1.807, 2.05) is 7.11 Å². The first-order valence-corrected chi connectivity index (χ1v) is 3.65. The molecular formula is C7H14ClNO. The monoisotopic (exact) mass is 163 g/mol. The lowest BCUT2D eigenvalue weighted by Crippen LogP contribution is -2.41. The van der Waals surface area contributed by atoms with E-state index in [4.69, 9.17) is 4.74 Å². The Hall–Kier alpha value is 0.210. The van der Waals surface area contributed by atoms with Gasteiger partial charge >= 0.3 is 0 Å². The Morgan fingerprint density at radius 3 is 2.80 bits per heavy atom. The molecule has 3 atom stereocenters. The fraction of sp³-hybridized carbons (Fsp3) is 1.00. The number of hydrogen-bond donors (Lipinski definition) is 1. The van der Waals surface area contributed by atoms with Gasteiger partial charge in [-0.3, -0.25) is 0 Å². The SMILES string of the molecule is COC1CC2CNCC21.Cl. The summed E-state index contributed by atoms with van der Waals surface area (Å²) in [6.45, 7) is 2.41. The number of hydrogen-bond acceptors (Lipinski definition) is 2. The van der Waals surface area contributed by atoms with Crippen molar-refractivity contribution in [1.29, 1.82) is 0 Å². The average Bonchev–Trinajstić information content (AvgIpc) is 2.14. The second kappa shape index (κ2) is 3.07. The summed E-state index contributed by atoms with van der Waals surface area (Å²) in [6.07, 6.45) is 1.86. The fourth-order valence-corrected chi connectivity index (χ4v) is 1.99. The highest BCUT2D eigenvalue weighted by Crippen LogP contribution is 2.38. The van der Waals surface area contributed by atoms with Gasteiger partial charge in [0.1, 0.15) is 0 Å². The Kier molecular flexibility index (Phi) is 2.55. The van der Waals surface area contributed by atoms with E-state index < -0.39 is 0 Å². The molecule has 0 aromatic rings. The highest BCUT2D eigenvalue weighted by molar-refractivity contribution is 5.85. The maximum absolute atomic E-state index is 5.26. The minimum absolute atomic E-state index is 0. The zero-order valence-electron chi connectivity index (χ0n) is 6.17. The lowest BCUT2D eigenvalue weighted by atomic mass is 9.73. The van der Waals surface area contributed by atoms with E-state index in [9.17, 15) is 0 Å². The van der Waals surface area contributed by atoms with Crippen molar-refractivity contribution in [2.24, 2.45) is 11.8 Å². The van der Waals surface area contributed by atoms with Gasteiger partial charge in [-0.15, -0.1) is 12.4 Å². The van der Waals surface area contributed by atoms with Gasteiger partial charge in [0.2, 0.25) is 0 Å². The van der Waals surface area contributed by atoms with Crippen molar-refractivity contribution in [1.82, 2.24) is 5.32 Å². The summed E-state index contributed by atoms with van der Waals surface area (Å²) < 4.78 is 5.26. The molecule has 2 nitrogen and oxygen atoms in total. The van der Waals surface area contributed by atoms with Gasteiger partial charge in [-0.05, 0) is 18.9 Å². The van der Waals surface area contributed by atoms with Crippen LogP contribution in [0.3, 0.4) is 0 Å². The van der Waals surface area contributed by atoms with Gasteiger partial charge in [0.25, 0.3) is 0 Å². The second-order valence-electron chi connectivity index (χ2n) is 3.09. The van der Waals surface area contributed by atoms with Crippen molar-refractivity contribution < 1.29 is 4.74 Å². The summed E-state index contributed by atoms with van der Waals surface area (Å²) in [4.78, 5) is 0. The molecular weight excluding hydrogens is 150 g/mol. The topological polar surface area (TPSA) is 21.3 Å². The second-order valence-corrected chi connectivity index (χ2v) is 3.09. The first-order valence-electron chi connectivity index (χ1n) is 3.65. The summed E-state index contributed by atoms with van der Waals surface area (Å²) in [5, 5.41) is 3.37. The quantitative estimate of drug-likeness (QED) is 0.614. The third-order valence-electron chi connectivity index (χ3n) is 2.71. The summed E-state index contributed by atoms with van der Waals surface area (Å²) in [5.41, 5.74) is 0. The zero-order valence-corrected chi connectivity index (χ0v) is 6.99. The first-order chi connectivity index (χ1) is 4.42. The van der Waals surface area contributed by atoms with Crippen LogP contribution in [0.1, 0.15) is 6.42 Å². The molecule has 1 N–H and O–H groups in total. The van der Waals surface area contributed by atoms with E-state index in [1.165, 1.54) is 19.5 Å². The molecule has 0 aromatic carbocycles. The van der Waals surface area contributed by atoms with Gasteiger partial charge < -0.3 is 10.1 Å². The molecule has 0 aromatic heterocycles. The largest absolute Gasteiger partial charge is 0.381 e. The molecule has 0 spiro atoms. The van der Waals surface area contributed by atoms with Crippen LogP contribution in [-0.4, -0.2) is 26.3 Å². The van der Waals surface area contributed by atoms with Crippen molar-refractivity contribution in [3.63, 3.8) is 0 Å². The maximum atomic E-state index is 5.26. The predicted octanol–water partition coefficient (Wildman–Crippen LogP) is 0.662. The van der Waals surface area contributed by atoms with Crippen LogP contribution in [-0.2, 0) is 4.74 Å². The maximum Gasteiger partial charge on any atom is 0.0618 e. The van der Waals surface area contributed by atoms with Crippen molar-refractivity contribution in [3.05, 3.63) is 0 Å². The average molecular weight is 164 g/mol. The highest BCUT2D eigenvalue weighted by Gasteiger charge is 2.43. The summed E-state index contributed by atoms with van der Waals surface area (Å²) in [6, 6.07) is 0. The van der Waals surface area contributed by atoms with Crippen molar-refractivity contribution in [2.45, 2.75) is 12.5 Å². The number of fused-ring (bicyclic) bond motifs is 1. The van der Waals surface area contributed by atoms with Gasteiger partial charge in [-0.25, -0.2) is 0 Å². The standard InChI is InChI=1S/C7H13NO.ClH/c1-9-7-2-5-3-8-4-6(5)7;/h5-8H,2-4H2,1H3;1H. The Balaban J connectivity index is 0.000000500. The van der Waals surface area contributed by atoms with Crippen LogP contribution in [0, 0.1) is 11.8 Å². The molecule has 2 fully saturated rings. The molecule has 0 radical (unpaired) electrons. The number of nitrogens with one attached hydrogen (secondary N) is 1. The Labute approximate surface area is 67.7 Å². The Morgan fingerprint density at radius 2 is 2.20 bits per heavy atom. The molecule has 60 valence electrons. The molecule has 3 heteroatoms. The van der Waals surface area contributed by atoms with E-state index in [0.29, 0.717) is 6.10 Å². The van der Waals surface area contributed by atoms with Crippen LogP contribution >= 0.6 is 12.4 Å². The van der Waals surface area contributed by atoms with Crippen LogP contribution in [0.15, 0.2) is 0 Å². The van der Waals surface area contributed by atoms with Gasteiger partial charge in [-0.1, -0.05) is 0 Å². The normalized spacial score (nSPS) is 43.5. The zero-order chi connectivity index (χ0) is 6.27. The van der Waals surface area contributed by atoms with Crippen LogP contribution in [0.2, 0.25) is 0 Å². The van der Waals surface area contributed by atoms with Crippen LogP contribution < -0.4 is 5.32 Å². The molecule has 0 amide bonds. The van der Waals surface area contributed by atoms with Crippen molar-refractivity contribution in [2.75, 3.05) is 20.2 Å². The van der Waals surface area contributed by atoms with Gasteiger partial charge in [-0.2, -0.15) is 0 Å². The van der Waals surface area contributed by atoms with E-state index in [2.05, 4.69) is 5.32 Å². The molecule has 1 saturated carbocycles. The van der Waals surface area contributed by atoms with Crippen LogP contribution in [0.5, 0.6) is 0 Å². The van der Waals surface area contributed by atoms with E-state index in [1.54, 1.807) is 0 Å². The lowest BCUT2D eigenvalue weighted by molar-refractivity contribution is -0.0390. The highest BCUT2D eigenvalue weighted by atomic mass is 35.5. The minimum atomic E-state index is 0. The number of ether oxygens (including phenoxy) is 1. The van der Waals surface area contributed by atoms with Crippen LogP contribution in [0.25, 0.3) is 0 Å². The predicted molar refractivity (Wildman–Crippen MR) is 42.5 cm³/mol. The van der Waals surface area contributed by atoms with E-state index in [-0.39, 0.29) is 12.4 Å². The molecule has 1 heterocycles. The number of rotatable bonds is 1. The van der Waals surface area contributed by atoms with Crippen LogP contribution in [0.4, 0.5) is 0 Å². The Bertz CT molecular complexity index is 120. The number of methoxy groups -OCH3 is 1. The van der Waals surface area contributed by atoms with Gasteiger partial charge in [0.05, 0.1) is 6.10 Å². The molecule has 2 rings (SSSR count). The third-order valence-corrected chi connectivity index (χ3v) is 2.71. The van der Waals surface area contributed by atoms with Gasteiger partial charge in [0, 0.05) is 19.6 Å².